The summed E-state index contributed by atoms with van der Waals surface area (Å²) in [6.07, 6.45) is 2.59. The van der Waals surface area contributed by atoms with Gasteiger partial charge >= 0.3 is 0 Å². The van der Waals surface area contributed by atoms with Crippen molar-refractivity contribution in [3.63, 3.8) is 0 Å². The maximum absolute atomic E-state index is 12.5. The quantitative estimate of drug-likeness (QED) is 0.874. The van der Waals surface area contributed by atoms with E-state index in [-0.39, 0.29) is 5.91 Å². The zero-order chi connectivity index (χ0) is 15.5. The molecule has 1 unspecified atom stereocenters. The fourth-order valence-corrected chi connectivity index (χ4v) is 3.03. The van der Waals surface area contributed by atoms with Gasteiger partial charge in [-0.3, -0.25) is 4.79 Å². The lowest BCUT2D eigenvalue weighted by atomic mass is 9.94. The van der Waals surface area contributed by atoms with Crippen LogP contribution in [0.1, 0.15) is 34.0 Å². The van der Waals surface area contributed by atoms with Gasteiger partial charge in [-0.05, 0) is 36.6 Å². The molecule has 0 bridgehead atoms. The number of aryl methyl sites for hydroxylation is 1. The zero-order valence-electron chi connectivity index (χ0n) is 13.0. The second kappa shape index (κ2) is 6.18. The van der Waals surface area contributed by atoms with Crippen molar-refractivity contribution < 1.29 is 9.53 Å². The molecule has 1 amide bonds. The normalized spacial score (nSPS) is 17.5. The topological polar surface area (TPSA) is 42.4 Å². The van der Waals surface area contributed by atoms with E-state index >= 15 is 0 Å². The second-order valence-corrected chi connectivity index (χ2v) is 5.68. The summed E-state index contributed by atoms with van der Waals surface area (Å²) in [5.41, 5.74) is 3.12. The Hall–Kier alpha value is -2.36. The lowest BCUT2D eigenvalue weighted by Gasteiger charge is -2.17. The van der Waals surface area contributed by atoms with Gasteiger partial charge in [-0.1, -0.05) is 24.3 Å². The number of likely N-dealkylation sites (tertiary alicyclic amines) is 1. The van der Waals surface area contributed by atoms with E-state index < -0.39 is 0 Å². The molecule has 22 heavy (non-hydrogen) atoms. The fraction of sp³-hybridized carbons (Fsp3) is 0.333. The molecule has 1 fully saturated rings. The summed E-state index contributed by atoms with van der Waals surface area (Å²) in [5.74, 6) is 1.08. The molecule has 3 rings (SSSR count). The molecule has 4 heteroatoms. The van der Waals surface area contributed by atoms with Crippen molar-refractivity contribution in [2.24, 2.45) is 0 Å². The highest BCUT2D eigenvalue weighted by molar-refractivity contribution is 5.92. The number of pyridine rings is 1. The number of benzene rings is 1. The van der Waals surface area contributed by atoms with Gasteiger partial charge in [-0.25, -0.2) is 4.98 Å². The summed E-state index contributed by atoms with van der Waals surface area (Å²) >= 11 is 0. The van der Waals surface area contributed by atoms with Crippen LogP contribution in [0.4, 0.5) is 0 Å². The Balaban J connectivity index is 1.72. The summed E-state index contributed by atoms with van der Waals surface area (Å²) < 4.78 is 5.08. The Morgan fingerprint density at radius 3 is 2.77 bits per heavy atom. The minimum absolute atomic E-state index is 0.00117. The third-order valence-corrected chi connectivity index (χ3v) is 4.29. The first-order valence-corrected chi connectivity index (χ1v) is 7.54. The molecule has 2 heterocycles. The van der Waals surface area contributed by atoms with Crippen molar-refractivity contribution in [2.75, 3.05) is 20.2 Å². The predicted octanol–water partition coefficient (Wildman–Crippen LogP) is 3.03. The molecular formula is C18H20N2O2. The Kier molecular flexibility index (Phi) is 4.09. The minimum atomic E-state index is -0.00117. The first-order valence-electron chi connectivity index (χ1n) is 7.54. The fourth-order valence-electron chi connectivity index (χ4n) is 3.03. The Morgan fingerprint density at radius 2 is 2.09 bits per heavy atom. The van der Waals surface area contributed by atoms with Crippen molar-refractivity contribution in [1.82, 2.24) is 9.88 Å². The first-order chi connectivity index (χ1) is 10.7. The molecule has 1 saturated heterocycles. The summed E-state index contributed by atoms with van der Waals surface area (Å²) in [6, 6.07) is 11.9. The number of methoxy groups -OCH3 is 1. The van der Waals surface area contributed by atoms with Crippen LogP contribution in [0.15, 0.2) is 42.6 Å². The van der Waals surface area contributed by atoms with Gasteiger partial charge in [0.25, 0.3) is 5.91 Å². The molecule has 2 aromatic rings. The number of aromatic nitrogens is 1. The minimum Gasteiger partial charge on any atom is -0.495 e. The van der Waals surface area contributed by atoms with E-state index in [4.69, 9.17) is 4.74 Å². The highest BCUT2D eigenvalue weighted by atomic mass is 16.5. The summed E-state index contributed by atoms with van der Waals surface area (Å²) in [5, 5.41) is 0. The van der Waals surface area contributed by atoms with Crippen LogP contribution in [0.3, 0.4) is 0 Å². The highest BCUT2D eigenvalue weighted by Crippen LogP contribution is 2.30. The van der Waals surface area contributed by atoms with Gasteiger partial charge in [0.05, 0.1) is 13.3 Å². The van der Waals surface area contributed by atoms with E-state index in [0.717, 1.165) is 19.5 Å². The molecular weight excluding hydrogens is 276 g/mol. The average molecular weight is 296 g/mol. The van der Waals surface area contributed by atoms with E-state index in [1.807, 2.05) is 4.90 Å². The van der Waals surface area contributed by atoms with Gasteiger partial charge in [0.15, 0.2) is 0 Å². The van der Waals surface area contributed by atoms with Gasteiger partial charge in [0.1, 0.15) is 11.4 Å². The van der Waals surface area contributed by atoms with Crippen LogP contribution in [0, 0.1) is 6.92 Å². The van der Waals surface area contributed by atoms with E-state index in [1.165, 1.54) is 11.1 Å². The van der Waals surface area contributed by atoms with Crippen molar-refractivity contribution in [2.45, 2.75) is 19.3 Å². The van der Waals surface area contributed by atoms with E-state index in [1.54, 1.807) is 25.4 Å². The monoisotopic (exact) mass is 296 g/mol. The molecule has 0 radical (unpaired) electrons. The number of ether oxygens (including phenoxy) is 1. The zero-order valence-corrected chi connectivity index (χ0v) is 13.0. The number of carbonyl (C=O) groups is 1. The molecule has 1 aliphatic rings. The SMILES string of the molecule is COc1ccc(C(=O)N2CCC(c3ccccc3C)C2)nc1. The lowest BCUT2D eigenvalue weighted by molar-refractivity contribution is 0.0785. The number of carbonyl (C=O) groups excluding carboxylic acids is 1. The van der Waals surface area contributed by atoms with Gasteiger partial charge in [-0.15, -0.1) is 0 Å². The number of hydrogen-bond donors (Lipinski definition) is 0. The number of nitrogens with zero attached hydrogens (tertiary/aromatic N) is 2. The van der Waals surface area contributed by atoms with Gasteiger partial charge < -0.3 is 9.64 Å². The van der Waals surface area contributed by atoms with E-state index in [2.05, 4.69) is 36.2 Å². The van der Waals surface area contributed by atoms with Gasteiger partial charge in [-0.2, -0.15) is 0 Å². The second-order valence-electron chi connectivity index (χ2n) is 5.68. The third-order valence-electron chi connectivity index (χ3n) is 4.29. The summed E-state index contributed by atoms with van der Waals surface area (Å²) in [7, 11) is 1.59. The van der Waals surface area contributed by atoms with Crippen molar-refractivity contribution in [1.29, 1.82) is 0 Å². The molecule has 114 valence electrons. The molecule has 1 aromatic heterocycles. The van der Waals surface area contributed by atoms with Crippen LogP contribution in [-0.4, -0.2) is 36.0 Å². The maximum atomic E-state index is 12.5. The number of hydrogen-bond acceptors (Lipinski definition) is 3. The van der Waals surface area contributed by atoms with Crippen LogP contribution in [0.5, 0.6) is 5.75 Å². The summed E-state index contributed by atoms with van der Waals surface area (Å²) in [4.78, 5) is 18.6. The third kappa shape index (κ3) is 2.82. The first kappa shape index (κ1) is 14.6. The Bertz CT molecular complexity index is 667. The molecule has 1 atom stereocenters. The van der Waals surface area contributed by atoms with E-state index in [0.29, 0.717) is 17.4 Å². The number of amides is 1. The molecule has 0 saturated carbocycles. The van der Waals surface area contributed by atoms with Crippen LogP contribution < -0.4 is 4.74 Å². The van der Waals surface area contributed by atoms with Gasteiger partial charge in [0.2, 0.25) is 0 Å². The summed E-state index contributed by atoms with van der Waals surface area (Å²) in [6.45, 7) is 3.67. The highest BCUT2D eigenvalue weighted by Gasteiger charge is 2.29. The van der Waals surface area contributed by atoms with Crippen molar-refractivity contribution in [3.05, 3.63) is 59.4 Å². The van der Waals surface area contributed by atoms with Crippen molar-refractivity contribution in [3.8, 4) is 5.75 Å². The van der Waals surface area contributed by atoms with Crippen LogP contribution in [0.25, 0.3) is 0 Å². The Labute approximate surface area is 130 Å². The molecule has 1 aliphatic heterocycles. The molecule has 4 nitrogen and oxygen atoms in total. The van der Waals surface area contributed by atoms with Crippen LogP contribution in [0.2, 0.25) is 0 Å². The van der Waals surface area contributed by atoms with E-state index in [9.17, 15) is 4.79 Å². The Morgan fingerprint density at radius 1 is 1.27 bits per heavy atom. The van der Waals surface area contributed by atoms with Crippen LogP contribution >= 0.6 is 0 Å². The largest absolute Gasteiger partial charge is 0.495 e. The maximum Gasteiger partial charge on any atom is 0.272 e. The predicted molar refractivity (Wildman–Crippen MR) is 85.2 cm³/mol. The van der Waals surface area contributed by atoms with Crippen molar-refractivity contribution >= 4 is 5.91 Å². The lowest BCUT2D eigenvalue weighted by Crippen LogP contribution is -2.29. The number of rotatable bonds is 3. The molecule has 0 spiro atoms. The smallest absolute Gasteiger partial charge is 0.272 e. The van der Waals surface area contributed by atoms with Gasteiger partial charge in [0, 0.05) is 19.0 Å². The molecule has 0 aliphatic carbocycles. The average Bonchev–Trinajstić information content (AvgIpc) is 3.04. The molecule has 0 N–H and O–H groups in total. The molecule has 1 aromatic carbocycles. The standard InChI is InChI=1S/C18H20N2O2/c1-13-5-3-4-6-16(13)14-9-10-20(12-14)18(21)17-8-7-15(22-2)11-19-17/h3-8,11,14H,9-10,12H2,1-2H3. The van der Waals surface area contributed by atoms with Crippen LogP contribution in [-0.2, 0) is 0 Å².